The van der Waals surface area contributed by atoms with Crippen molar-refractivity contribution in [3.05, 3.63) is 74.9 Å². The molecular formula is C24H22Cl3FN2. The highest BCUT2D eigenvalue weighted by Gasteiger charge is 2.22. The van der Waals surface area contributed by atoms with Gasteiger partial charge in [0.05, 0.1) is 16.4 Å². The second kappa shape index (κ2) is 9.13. The quantitative estimate of drug-likeness (QED) is 0.378. The smallest absolute Gasteiger partial charge is 0.147 e. The molecule has 1 aromatic heterocycles. The zero-order valence-corrected chi connectivity index (χ0v) is 18.9. The van der Waals surface area contributed by atoms with Gasteiger partial charge in [0.1, 0.15) is 11.5 Å². The van der Waals surface area contributed by atoms with Gasteiger partial charge in [0.15, 0.2) is 0 Å². The van der Waals surface area contributed by atoms with Crippen LogP contribution in [0.1, 0.15) is 43.4 Å². The Bertz CT molecular complexity index is 1080. The van der Waals surface area contributed by atoms with Crippen LogP contribution < -0.4 is 0 Å². The molecule has 0 N–H and O–H groups in total. The topological polar surface area (TPSA) is 17.8 Å². The lowest BCUT2D eigenvalue weighted by Crippen LogP contribution is -2.03. The number of aromatic nitrogens is 2. The predicted molar refractivity (Wildman–Crippen MR) is 124 cm³/mol. The van der Waals surface area contributed by atoms with Crippen molar-refractivity contribution in [2.75, 3.05) is 0 Å². The summed E-state index contributed by atoms with van der Waals surface area (Å²) in [5, 5.41) is 6.26. The van der Waals surface area contributed by atoms with Gasteiger partial charge >= 0.3 is 0 Å². The summed E-state index contributed by atoms with van der Waals surface area (Å²) >= 11 is 18.6. The average Bonchev–Trinajstić information content (AvgIpc) is 3.06. The standard InChI is InChI=1S/C24H22Cl3FN2/c1-15-23(21(28)13-16-5-3-2-4-6-16)29-30(22-12-11-19(26)14-20(22)27)24(15)17-7-9-18(25)10-8-17/h7-14,16H,2-6H2,1H3/b21-13-. The normalized spacial score (nSPS) is 15.6. The molecule has 156 valence electrons. The Balaban J connectivity index is 1.86. The van der Waals surface area contributed by atoms with Crippen molar-refractivity contribution in [2.24, 2.45) is 5.92 Å². The number of hydrogen-bond acceptors (Lipinski definition) is 1. The lowest BCUT2D eigenvalue weighted by molar-refractivity contribution is 0.417. The summed E-state index contributed by atoms with van der Waals surface area (Å²) in [5.74, 6) is -0.0140. The Morgan fingerprint density at radius 2 is 1.67 bits per heavy atom. The molecule has 1 saturated carbocycles. The molecule has 2 aromatic carbocycles. The maximum atomic E-state index is 15.3. The van der Waals surface area contributed by atoms with Gasteiger partial charge in [-0.05, 0) is 62.1 Å². The van der Waals surface area contributed by atoms with E-state index in [9.17, 15) is 0 Å². The van der Waals surface area contributed by atoms with E-state index >= 15 is 4.39 Å². The summed E-state index contributed by atoms with van der Waals surface area (Å²) in [4.78, 5) is 0. The minimum Gasteiger partial charge on any atom is -0.231 e. The van der Waals surface area contributed by atoms with Gasteiger partial charge in [-0.3, -0.25) is 0 Å². The fourth-order valence-corrected chi connectivity index (χ4v) is 4.70. The second-order valence-corrected chi connectivity index (χ2v) is 9.03. The molecule has 0 spiro atoms. The monoisotopic (exact) mass is 462 g/mol. The average molecular weight is 464 g/mol. The first-order valence-electron chi connectivity index (χ1n) is 10.1. The Hall–Kier alpha value is -1.81. The molecule has 2 nitrogen and oxygen atoms in total. The Labute approximate surface area is 191 Å². The third kappa shape index (κ3) is 4.44. The lowest BCUT2D eigenvalue weighted by Gasteiger charge is -2.17. The number of hydrogen-bond donors (Lipinski definition) is 0. The van der Waals surface area contributed by atoms with Crippen molar-refractivity contribution in [3.63, 3.8) is 0 Å². The highest BCUT2D eigenvalue weighted by Crippen LogP contribution is 2.36. The van der Waals surface area contributed by atoms with Crippen molar-refractivity contribution in [1.29, 1.82) is 0 Å². The molecule has 1 fully saturated rings. The fourth-order valence-electron chi connectivity index (χ4n) is 4.08. The van der Waals surface area contributed by atoms with Crippen molar-refractivity contribution >= 4 is 40.6 Å². The summed E-state index contributed by atoms with van der Waals surface area (Å²) in [6.07, 6.45) is 7.33. The number of nitrogens with zero attached hydrogens (tertiary/aromatic N) is 2. The minimum atomic E-state index is -0.279. The highest BCUT2D eigenvalue weighted by atomic mass is 35.5. The molecule has 1 aliphatic rings. The first kappa shape index (κ1) is 21.4. The molecule has 0 bridgehead atoms. The van der Waals surface area contributed by atoms with Crippen LogP contribution in [0.5, 0.6) is 0 Å². The maximum absolute atomic E-state index is 15.3. The molecule has 0 radical (unpaired) electrons. The zero-order chi connectivity index (χ0) is 21.3. The van der Waals surface area contributed by atoms with E-state index in [1.54, 1.807) is 29.0 Å². The predicted octanol–water partition coefficient (Wildman–Crippen LogP) is 8.70. The first-order chi connectivity index (χ1) is 14.4. The van der Waals surface area contributed by atoms with E-state index in [0.717, 1.165) is 42.5 Å². The van der Waals surface area contributed by atoms with Crippen molar-refractivity contribution in [3.8, 4) is 16.9 Å². The molecule has 0 saturated heterocycles. The van der Waals surface area contributed by atoms with Crippen LogP contribution >= 0.6 is 34.8 Å². The number of halogens is 4. The van der Waals surface area contributed by atoms with Crippen LogP contribution in [-0.4, -0.2) is 9.78 Å². The van der Waals surface area contributed by atoms with E-state index in [4.69, 9.17) is 34.8 Å². The molecule has 0 atom stereocenters. The van der Waals surface area contributed by atoms with E-state index in [1.165, 1.54) is 6.42 Å². The van der Waals surface area contributed by atoms with Crippen LogP contribution in [0, 0.1) is 12.8 Å². The van der Waals surface area contributed by atoms with Crippen molar-refractivity contribution in [2.45, 2.75) is 39.0 Å². The fraction of sp³-hybridized carbons (Fsp3) is 0.292. The van der Waals surface area contributed by atoms with E-state index < -0.39 is 0 Å². The zero-order valence-electron chi connectivity index (χ0n) is 16.6. The molecule has 6 heteroatoms. The van der Waals surface area contributed by atoms with Gasteiger partial charge in [-0.15, -0.1) is 0 Å². The second-order valence-electron chi connectivity index (χ2n) is 7.75. The SMILES string of the molecule is Cc1c(/C(F)=C/C2CCCCC2)nn(-c2ccc(Cl)cc2Cl)c1-c1ccc(Cl)cc1. The van der Waals surface area contributed by atoms with Gasteiger partial charge in [-0.2, -0.15) is 5.10 Å². The molecular weight excluding hydrogens is 442 g/mol. The molecule has 1 heterocycles. The van der Waals surface area contributed by atoms with E-state index in [0.29, 0.717) is 26.4 Å². The summed E-state index contributed by atoms with van der Waals surface area (Å²) in [6, 6.07) is 12.6. The summed E-state index contributed by atoms with van der Waals surface area (Å²) in [5.41, 5.74) is 3.40. The van der Waals surface area contributed by atoms with Crippen LogP contribution in [0.3, 0.4) is 0 Å². The van der Waals surface area contributed by atoms with E-state index in [1.807, 2.05) is 31.2 Å². The van der Waals surface area contributed by atoms with E-state index in [2.05, 4.69) is 5.10 Å². The largest absolute Gasteiger partial charge is 0.231 e. The summed E-state index contributed by atoms with van der Waals surface area (Å²) in [7, 11) is 0. The third-order valence-corrected chi connectivity index (χ3v) is 6.43. The Morgan fingerprint density at radius 3 is 2.33 bits per heavy atom. The molecule has 30 heavy (non-hydrogen) atoms. The number of allylic oxidation sites excluding steroid dienone is 1. The van der Waals surface area contributed by atoms with Crippen LogP contribution in [0.2, 0.25) is 15.1 Å². The highest BCUT2D eigenvalue weighted by molar-refractivity contribution is 6.35. The Morgan fingerprint density at radius 1 is 1.00 bits per heavy atom. The van der Waals surface area contributed by atoms with Gasteiger partial charge in [0.25, 0.3) is 0 Å². The van der Waals surface area contributed by atoms with Gasteiger partial charge in [-0.25, -0.2) is 9.07 Å². The maximum Gasteiger partial charge on any atom is 0.147 e. The van der Waals surface area contributed by atoms with E-state index in [-0.39, 0.29) is 11.7 Å². The summed E-state index contributed by atoms with van der Waals surface area (Å²) in [6.45, 7) is 1.89. The molecule has 0 amide bonds. The molecule has 1 aliphatic carbocycles. The summed E-state index contributed by atoms with van der Waals surface area (Å²) < 4.78 is 17.0. The first-order valence-corrected chi connectivity index (χ1v) is 11.3. The van der Waals surface area contributed by atoms with Crippen LogP contribution in [0.15, 0.2) is 48.5 Å². The van der Waals surface area contributed by atoms with Crippen LogP contribution in [0.25, 0.3) is 22.8 Å². The number of rotatable bonds is 4. The third-order valence-electron chi connectivity index (χ3n) is 5.64. The molecule has 0 unspecified atom stereocenters. The molecule has 4 rings (SSSR count). The van der Waals surface area contributed by atoms with Crippen molar-refractivity contribution in [1.82, 2.24) is 9.78 Å². The number of benzene rings is 2. The Kier molecular flexibility index (Phi) is 6.52. The van der Waals surface area contributed by atoms with Gasteiger partial charge in [0, 0.05) is 21.2 Å². The van der Waals surface area contributed by atoms with Crippen LogP contribution in [0.4, 0.5) is 4.39 Å². The van der Waals surface area contributed by atoms with Gasteiger partial charge in [-0.1, -0.05) is 66.2 Å². The lowest BCUT2D eigenvalue weighted by atomic mass is 9.88. The van der Waals surface area contributed by atoms with Gasteiger partial charge < -0.3 is 0 Å². The minimum absolute atomic E-state index is 0.265. The van der Waals surface area contributed by atoms with Crippen molar-refractivity contribution < 1.29 is 4.39 Å². The molecule has 0 aliphatic heterocycles. The van der Waals surface area contributed by atoms with Crippen LogP contribution in [-0.2, 0) is 0 Å². The molecule has 3 aromatic rings. The van der Waals surface area contributed by atoms with Gasteiger partial charge in [0.2, 0.25) is 0 Å².